The minimum Gasteiger partial charge on any atom is -0.315 e. The molecule has 5 heteroatoms. The van der Waals surface area contributed by atoms with E-state index in [-0.39, 0.29) is 4.87 Å². The first-order valence-corrected chi connectivity index (χ1v) is 6.24. The Labute approximate surface area is 94.3 Å². The monoisotopic (exact) mass is 229 g/mol. The minimum atomic E-state index is 0.0237. The van der Waals surface area contributed by atoms with Crippen LogP contribution in [0.3, 0.4) is 0 Å². The van der Waals surface area contributed by atoms with Gasteiger partial charge in [-0.3, -0.25) is 4.79 Å². The first kappa shape index (κ1) is 12.4. The lowest BCUT2D eigenvalue weighted by molar-refractivity contribution is 0.302. The number of hydrogen-bond donors (Lipinski definition) is 2. The quantitative estimate of drug-likeness (QED) is 0.682. The van der Waals surface area contributed by atoms with E-state index in [1.165, 1.54) is 11.3 Å². The van der Waals surface area contributed by atoms with Crippen LogP contribution < -0.4 is 10.2 Å². The van der Waals surface area contributed by atoms with Gasteiger partial charge >= 0.3 is 4.87 Å². The van der Waals surface area contributed by atoms with Crippen LogP contribution in [0.1, 0.15) is 19.5 Å². The van der Waals surface area contributed by atoms with Crippen molar-refractivity contribution in [3.8, 4) is 0 Å². The van der Waals surface area contributed by atoms with Crippen LogP contribution in [0.5, 0.6) is 0 Å². The number of rotatable bonds is 7. The summed E-state index contributed by atoms with van der Waals surface area (Å²) in [6.07, 6.45) is 0. The summed E-state index contributed by atoms with van der Waals surface area (Å²) < 4.78 is 0. The SMILES string of the molecule is CCN(CC)CCNCc1csc(=O)[nH]1. The Kier molecular flexibility index (Phi) is 5.60. The summed E-state index contributed by atoms with van der Waals surface area (Å²) in [5.41, 5.74) is 0.976. The van der Waals surface area contributed by atoms with Crippen LogP contribution in [0.25, 0.3) is 0 Å². The molecule has 0 aromatic carbocycles. The second-order valence-corrected chi connectivity index (χ2v) is 4.22. The fraction of sp³-hybridized carbons (Fsp3) is 0.700. The molecule has 0 aliphatic carbocycles. The number of thiazole rings is 1. The third-order valence-corrected chi connectivity index (χ3v) is 3.10. The zero-order valence-corrected chi connectivity index (χ0v) is 10.2. The molecule has 86 valence electrons. The van der Waals surface area contributed by atoms with Gasteiger partial charge in [-0.05, 0) is 13.1 Å². The molecule has 0 bridgehead atoms. The number of likely N-dealkylation sites (N-methyl/N-ethyl adjacent to an activating group) is 1. The summed E-state index contributed by atoms with van der Waals surface area (Å²) >= 11 is 1.22. The lowest BCUT2D eigenvalue weighted by Gasteiger charge is -2.17. The smallest absolute Gasteiger partial charge is 0.304 e. The second kappa shape index (κ2) is 6.76. The van der Waals surface area contributed by atoms with E-state index < -0.39 is 0 Å². The molecule has 0 amide bonds. The number of hydrogen-bond acceptors (Lipinski definition) is 4. The van der Waals surface area contributed by atoms with E-state index in [0.29, 0.717) is 0 Å². The van der Waals surface area contributed by atoms with Crippen LogP contribution in [0, 0.1) is 0 Å². The molecule has 0 spiro atoms. The van der Waals surface area contributed by atoms with E-state index in [1.54, 1.807) is 0 Å². The number of nitrogens with one attached hydrogen (secondary N) is 2. The van der Waals surface area contributed by atoms with E-state index in [9.17, 15) is 4.79 Å². The maximum Gasteiger partial charge on any atom is 0.304 e. The number of nitrogens with zero attached hydrogens (tertiary/aromatic N) is 1. The molecule has 0 atom stereocenters. The highest BCUT2D eigenvalue weighted by molar-refractivity contribution is 7.07. The Bertz CT molecular complexity index is 316. The second-order valence-electron chi connectivity index (χ2n) is 3.38. The van der Waals surface area contributed by atoms with E-state index >= 15 is 0 Å². The Balaban J connectivity index is 2.14. The van der Waals surface area contributed by atoms with Crippen molar-refractivity contribution in [2.24, 2.45) is 0 Å². The lowest BCUT2D eigenvalue weighted by Crippen LogP contribution is -2.31. The third-order valence-electron chi connectivity index (χ3n) is 2.39. The summed E-state index contributed by atoms with van der Waals surface area (Å²) in [7, 11) is 0. The van der Waals surface area contributed by atoms with Gasteiger partial charge in [0, 0.05) is 30.7 Å². The molecule has 0 saturated carbocycles. The molecule has 1 aromatic heterocycles. The Morgan fingerprint density at radius 3 is 2.73 bits per heavy atom. The van der Waals surface area contributed by atoms with Gasteiger partial charge in [0.05, 0.1) is 0 Å². The number of H-pyrrole nitrogens is 1. The van der Waals surface area contributed by atoms with Crippen LogP contribution in [0.4, 0.5) is 0 Å². The maximum absolute atomic E-state index is 10.9. The molecule has 1 rings (SSSR count). The minimum absolute atomic E-state index is 0.0237. The molecule has 4 nitrogen and oxygen atoms in total. The fourth-order valence-electron chi connectivity index (χ4n) is 1.40. The highest BCUT2D eigenvalue weighted by atomic mass is 32.1. The van der Waals surface area contributed by atoms with Crippen molar-refractivity contribution in [1.82, 2.24) is 15.2 Å². The largest absolute Gasteiger partial charge is 0.315 e. The van der Waals surface area contributed by atoms with Gasteiger partial charge in [0.15, 0.2) is 0 Å². The molecule has 2 N–H and O–H groups in total. The van der Waals surface area contributed by atoms with Crippen LogP contribution in [0.15, 0.2) is 10.2 Å². The van der Waals surface area contributed by atoms with Crippen molar-refractivity contribution in [1.29, 1.82) is 0 Å². The highest BCUT2D eigenvalue weighted by Gasteiger charge is 1.99. The molecule has 0 unspecified atom stereocenters. The van der Waals surface area contributed by atoms with Crippen molar-refractivity contribution in [2.75, 3.05) is 26.2 Å². The van der Waals surface area contributed by atoms with Gasteiger partial charge in [-0.15, -0.1) is 0 Å². The molecular weight excluding hydrogens is 210 g/mol. The van der Waals surface area contributed by atoms with Crippen molar-refractivity contribution in [2.45, 2.75) is 20.4 Å². The Morgan fingerprint density at radius 1 is 1.47 bits per heavy atom. The molecular formula is C10H19N3OS. The van der Waals surface area contributed by atoms with Crippen molar-refractivity contribution in [3.63, 3.8) is 0 Å². The van der Waals surface area contributed by atoms with Crippen LogP contribution >= 0.6 is 11.3 Å². The summed E-state index contributed by atoms with van der Waals surface area (Å²) in [6.45, 7) is 9.28. The van der Waals surface area contributed by atoms with Gasteiger partial charge in [-0.2, -0.15) is 0 Å². The average molecular weight is 229 g/mol. The maximum atomic E-state index is 10.9. The normalized spacial score (nSPS) is 11.1. The molecule has 0 aliphatic rings. The van der Waals surface area contributed by atoms with Gasteiger partial charge in [0.2, 0.25) is 0 Å². The summed E-state index contributed by atoms with van der Waals surface area (Å²) in [4.78, 5) is 16.0. The van der Waals surface area contributed by atoms with Crippen molar-refractivity contribution in [3.05, 3.63) is 20.7 Å². The van der Waals surface area contributed by atoms with Gasteiger partial charge in [-0.25, -0.2) is 0 Å². The topological polar surface area (TPSA) is 48.1 Å². The van der Waals surface area contributed by atoms with Gasteiger partial charge in [0.25, 0.3) is 0 Å². The van der Waals surface area contributed by atoms with Crippen molar-refractivity contribution < 1.29 is 0 Å². The zero-order valence-electron chi connectivity index (χ0n) is 9.38. The first-order valence-electron chi connectivity index (χ1n) is 5.36. The Hall–Kier alpha value is -0.650. The van der Waals surface area contributed by atoms with Gasteiger partial charge in [-0.1, -0.05) is 25.2 Å². The fourth-order valence-corrected chi connectivity index (χ4v) is 1.98. The summed E-state index contributed by atoms with van der Waals surface area (Å²) in [6, 6.07) is 0. The summed E-state index contributed by atoms with van der Waals surface area (Å²) in [5.74, 6) is 0. The van der Waals surface area contributed by atoms with Gasteiger partial charge < -0.3 is 15.2 Å². The Morgan fingerprint density at radius 2 is 2.20 bits per heavy atom. The predicted octanol–water partition coefficient (Wildman–Crippen LogP) is 0.868. The molecule has 15 heavy (non-hydrogen) atoms. The predicted molar refractivity (Wildman–Crippen MR) is 64.4 cm³/mol. The molecule has 1 heterocycles. The lowest BCUT2D eigenvalue weighted by atomic mass is 10.4. The van der Waals surface area contributed by atoms with E-state index in [1.807, 2.05) is 5.38 Å². The standard InChI is InChI=1S/C10H19N3OS/c1-3-13(4-2)6-5-11-7-9-8-15-10(14)12-9/h8,11H,3-7H2,1-2H3,(H,12,14). The van der Waals surface area contributed by atoms with E-state index in [0.717, 1.165) is 38.4 Å². The molecule has 0 radical (unpaired) electrons. The molecule has 0 saturated heterocycles. The number of aromatic amines is 1. The van der Waals surface area contributed by atoms with E-state index in [2.05, 4.69) is 29.0 Å². The molecule has 0 aliphatic heterocycles. The average Bonchev–Trinajstić information content (AvgIpc) is 2.65. The summed E-state index contributed by atoms with van der Waals surface area (Å²) in [5, 5.41) is 5.18. The van der Waals surface area contributed by atoms with Crippen LogP contribution in [0.2, 0.25) is 0 Å². The molecule has 0 fully saturated rings. The zero-order chi connectivity index (χ0) is 11.1. The third kappa shape index (κ3) is 4.59. The number of aromatic nitrogens is 1. The molecule has 1 aromatic rings. The first-order chi connectivity index (χ1) is 7.26. The van der Waals surface area contributed by atoms with E-state index in [4.69, 9.17) is 0 Å². The highest BCUT2D eigenvalue weighted by Crippen LogP contribution is 1.94. The van der Waals surface area contributed by atoms with Crippen molar-refractivity contribution >= 4 is 11.3 Å². The van der Waals surface area contributed by atoms with Crippen LogP contribution in [-0.2, 0) is 6.54 Å². The van der Waals surface area contributed by atoms with Gasteiger partial charge in [0.1, 0.15) is 0 Å². The van der Waals surface area contributed by atoms with Crippen LogP contribution in [-0.4, -0.2) is 36.1 Å².